The molecule has 0 saturated carbocycles. The minimum atomic E-state index is 0.117. The van der Waals surface area contributed by atoms with Gasteiger partial charge in [-0.1, -0.05) is 15.9 Å². The first-order valence-electron chi connectivity index (χ1n) is 6.56. The first-order chi connectivity index (χ1) is 9.95. The molecule has 21 heavy (non-hydrogen) atoms. The Labute approximate surface area is 137 Å². The number of thioether (sulfide) groups is 1. The van der Waals surface area contributed by atoms with Gasteiger partial charge in [-0.25, -0.2) is 0 Å². The van der Waals surface area contributed by atoms with Crippen molar-refractivity contribution in [3.8, 4) is 0 Å². The van der Waals surface area contributed by atoms with E-state index in [1.165, 1.54) is 5.56 Å². The Morgan fingerprint density at radius 2 is 2.24 bits per heavy atom. The number of aryl methyl sites for hydroxylation is 2. The maximum Gasteiger partial charge on any atom is 0.232 e. The van der Waals surface area contributed by atoms with Crippen LogP contribution in [-0.4, -0.2) is 33.4 Å². The molecule has 0 spiro atoms. The lowest BCUT2D eigenvalue weighted by molar-refractivity contribution is -0.127. The Balaban J connectivity index is 1.89. The first-order valence-corrected chi connectivity index (χ1v) is 8.34. The molecule has 0 fully saturated rings. The van der Waals surface area contributed by atoms with Gasteiger partial charge in [0.15, 0.2) is 0 Å². The largest absolute Gasteiger partial charge is 0.341 e. The maximum atomic E-state index is 12.2. The van der Waals surface area contributed by atoms with Crippen molar-refractivity contribution in [2.24, 2.45) is 7.05 Å². The molecule has 1 aromatic heterocycles. The third-order valence-corrected chi connectivity index (χ3v) is 4.75. The van der Waals surface area contributed by atoms with Gasteiger partial charge in [0.05, 0.1) is 11.9 Å². The summed E-state index contributed by atoms with van der Waals surface area (Å²) in [4.78, 5) is 15.0. The molecule has 0 unspecified atom stereocenters. The summed E-state index contributed by atoms with van der Waals surface area (Å²) in [6.07, 6.45) is 3.71. The van der Waals surface area contributed by atoms with Gasteiger partial charge in [0.2, 0.25) is 5.91 Å². The van der Waals surface area contributed by atoms with Crippen LogP contribution in [0.25, 0.3) is 0 Å². The molecule has 0 aliphatic heterocycles. The molecule has 0 atom stereocenters. The molecule has 0 N–H and O–H groups in total. The SMILES string of the molecule is Cc1cc(Br)ccc1SCC(=O)N(C)Cc1cnn(C)c1. The molecule has 1 aromatic carbocycles. The van der Waals surface area contributed by atoms with Crippen LogP contribution in [0.4, 0.5) is 0 Å². The zero-order chi connectivity index (χ0) is 15.4. The number of halogens is 1. The summed E-state index contributed by atoms with van der Waals surface area (Å²) in [7, 11) is 3.70. The Hall–Kier alpha value is -1.27. The highest BCUT2D eigenvalue weighted by molar-refractivity contribution is 9.10. The number of carbonyl (C=O) groups is 1. The Bertz CT molecular complexity index is 642. The molecule has 2 rings (SSSR count). The van der Waals surface area contributed by atoms with Crippen LogP contribution in [0.2, 0.25) is 0 Å². The highest BCUT2D eigenvalue weighted by Crippen LogP contribution is 2.25. The van der Waals surface area contributed by atoms with Gasteiger partial charge in [-0.3, -0.25) is 9.48 Å². The minimum absolute atomic E-state index is 0.117. The van der Waals surface area contributed by atoms with E-state index in [0.717, 1.165) is 14.9 Å². The molecule has 0 aliphatic carbocycles. The molecule has 1 amide bonds. The van der Waals surface area contributed by atoms with Crippen LogP contribution < -0.4 is 0 Å². The second-order valence-electron chi connectivity index (χ2n) is 4.97. The summed E-state index contributed by atoms with van der Waals surface area (Å²) < 4.78 is 2.80. The number of hydrogen-bond acceptors (Lipinski definition) is 3. The van der Waals surface area contributed by atoms with Crippen LogP contribution in [0, 0.1) is 6.92 Å². The van der Waals surface area contributed by atoms with Crippen LogP contribution in [0.3, 0.4) is 0 Å². The third-order valence-electron chi connectivity index (χ3n) is 3.09. The van der Waals surface area contributed by atoms with Crippen molar-refractivity contribution in [2.75, 3.05) is 12.8 Å². The maximum absolute atomic E-state index is 12.2. The highest BCUT2D eigenvalue weighted by atomic mass is 79.9. The van der Waals surface area contributed by atoms with Crippen molar-refractivity contribution in [1.82, 2.24) is 14.7 Å². The topological polar surface area (TPSA) is 38.1 Å². The minimum Gasteiger partial charge on any atom is -0.341 e. The first kappa shape index (κ1) is 16.1. The lowest BCUT2D eigenvalue weighted by Gasteiger charge is -2.16. The number of hydrogen-bond donors (Lipinski definition) is 0. The van der Waals surface area contributed by atoms with E-state index in [9.17, 15) is 4.79 Å². The number of carbonyl (C=O) groups excluding carboxylic acids is 1. The molecule has 0 aliphatic rings. The van der Waals surface area contributed by atoms with Crippen molar-refractivity contribution in [2.45, 2.75) is 18.4 Å². The van der Waals surface area contributed by atoms with E-state index in [1.807, 2.05) is 32.4 Å². The lowest BCUT2D eigenvalue weighted by atomic mass is 10.2. The second-order valence-corrected chi connectivity index (χ2v) is 6.90. The fourth-order valence-corrected chi connectivity index (χ4v) is 3.37. The van der Waals surface area contributed by atoms with Gasteiger partial charge < -0.3 is 4.90 Å². The molecule has 0 saturated heterocycles. The molecule has 6 heteroatoms. The van der Waals surface area contributed by atoms with Gasteiger partial charge in [0.25, 0.3) is 0 Å². The van der Waals surface area contributed by atoms with Gasteiger partial charge in [-0.05, 0) is 30.7 Å². The second kappa shape index (κ2) is 7.13. The molecular weight excluding hydrogens is 350 g/mol. The molecule has 0 bridgehead atoms. The molecule has 0 radical (unpaired) electrons. The van der Waals surface area contributed by atoms with Crippen molar-refractivity contribution in [3.05, 3.63) is 46.2 Å². The van der Waals surface area contributed by atoms with Crippen molar-refractivity contribution in [1.29, 1.82) is 0 Å². The third kappa shape index (κ3) is 4.61. The predicted octanol–water partition coefficient (Wildman–Crippen LogP) is 3.24. The summed E-state index contributed by atoms with van der Waals surface area (Å²) in [5.41, 5.74) is 2.22. The fourth-order valence-electron chi connectivity index (χ4n) is 1.94. The van der Waals surface area contributed by atoms with Gasteiger partial charge >= 0.3 is 0 Å². The average Bonchev–Trinajstić information content (AvgIpc) is 2.82. The Morgan fingerprint density at radius 3 is 2.86 bits per heavy atom. The van der Waals surface area contributed by atoms with Crippen LogP contribution in [0.15, 0.2) is 40.0 Å². The Kier molecular flexibility index (Phi) is 5.47. The number of amides is 1. The monoisotopic (exact) mass is 367 g/mol. The van der Waals surface area contributed by atoms with Crippen LogP contribution >= 0.6 is 27.7 Å². The van der Waals surface area contributed by atoms with Gasteiger partial charge in [-0.2, -0.15) is 5.10 Å². The van der Waals surface area contributed by atoms with Gasteiger partial charge in [0, 0.05) is 41.8 Å². The predicted molar refractivity (Wildman–Crippen MR) is 89.3 cm³/mol. The van der Waals surface area contributed by atoms with E-state index < -0.39 is 0 Å². The molecule has 1 heterocycles. The van der Waals surface area contributed by atoms with Crippen molar-refractivity contribution in [3.63, 3.8) is 0 Å². The van der Waals surface area contributed by atoms with E-state index in [2.05, 4.69) is 34.0 Å². The zero-order valence-corrected chi connectivity index (χ0v) is 14.7. The van der Waals surface area contributed by atoms with Gasteiger partial charge in [0.1, 0.15) is 0 Å². The zero-order valence-electron chi connectivity index (χ0n) is 12.3. The quantitative estimate of drug-likeness (QED) is 0.761. The van der Waals surface area contributed by atoms with E-state index in [4.69, 9.17) is 0 Å². The number of rotatable bonds is 5. The van der Waals surface area contributed by atoms with Crippen molar-refractivity contribution < 1.29 is 4.79 Å². The number of nitrogens with zero attached hydrogens (tertiary/aromatic N) is 3. The van der Waals surface area contributed by atoms with Crippen LogP contribution in [0.5, 0.6) is 0 Å². The summed E-state index contributed by atoms with van der Waals surface area (Å²) in [6.45, 7) is 2.64. The van der Waals surface area contributed by atoms with Crippen molar-refractivity contribution >= 4 is 33.6 Å². The molecule has 112 valence electrons. The number of aromatic nitrogens is 2. The summed E-state index contributed by atoms with van der Waals surface area (Å²) in [5, 5.41) is 4.11. The van der Waals surface area contributed by atoms with Gasteiger partial charge in [-0.15, -0.1) is 11.8 Å². The standard InChI is InChI=1S/C15H18BrN3OS/c1-11-6-13(16)4-5-14(11)21-10-15(20)18(2)8-12-7-17-19(3)9-12/h4-7,9H,8,10H2,1-3H3. The van der Waals surface area contributed by atoms with Crippen LogP contribution in [0.1, 0.15) is 11.1 Å². The summed E-state index contributed by atoms with van der Waals surface area (Å²) in [5.74, 6) is 0.561. The van der Waals surface area contributed by atoms with E-state index >= 15 is 0 Å². The Morgan fingerprint density at radius 1 is 1.48 bits per heavy atom. The average molecular weight is 368 g/mol. The van der Waals surface area contributed by atoms with E-state index in [1.54, 1.807) is 27.5 Å². The highest BCUT2D eigenvalue weighted by Gasteiger charge is 2.11. The lowest BCUT2D eigenvalue weighted by Crippen LogP contribution is -2.27. The van der Waals surface area contributed by atoms with E-state index in [-0.39, 0.29) is 5.91 Å². The van der Waals surface area contributed by atoms with Crippen LogP contribution in [-0.2, 0) is 18.4 Å². The molecule has 4 nitrogen and oxygen atoms in total. The molecule has 2 aromatic rings. The fraction of sp³-hybridized carbons (Fsp3) is 0.333. The smallest absolute Gasteiger partial charge is 0.232 e. The number of benzene rings is 1. The molecular formula is C15H18BrN3OS. The normalized spacial score (nSPS) is 10.7. The summed E-state index contributed by atoms with van der Waals surface area (Å²) >= 11 is 5.02. The summed E-state index contributed by atoms with van der Waals surface area (Å²) in [6, 6.07) is 6.10. The van der Waals surface area contributed by atoms with E-state index in [0.29, 0.717) is 12.3 Å².